The Labute approximate surface area is 127 Å². The number of rotatable bonds is 4. The molecule has 0 spiro atoms. The summed E-state index contributed by atoms with van der Waals surface area (Å²) in [6.45, 7) is 0. The summed E-state index contributed by atoms with van der Waals surface area (Å²) in [6.07, 6.45) is 4.08. The topological polar surface area (TPSA) is 87.8 Å². The lowest BCUT2D eigenvalue weighted by molar-refractivity contribution is -0.147. The van der Waals surface area contributed by atoms with Gasteiger partial charge in [-0.05, 0) is 43.2 Å². The Morgan fingerprint density at radius 3 is 2.41 bits per heavy atom. The number of nitrogens with zero attached hydrogens (tertiary/aromatic N) is 1. The first-order valence-electron chi connectivity index (χ1n) is 7.70. The number of imide groups is 1. The monoisotopic (exact) mass is 303 g/mol. The molecule has 1 aromatic rings. The summed E-state index contributed by atoms with van der Waals surface area (Å²) in [7, 11) is 0. The second kappa shape index (κ2) is 4.69. The van der Waals surface area contributed by atoms with E-state index in [2.05, 4.69) is 0 Å². The van der Waals surface area contributed by atoms with Gasteiger partial charge in [-0.1, -0.05) is 0 Å². The first-order valence-corrected chi connectivity index (χ1v) is 7.70. The third kappa shape index (κ3) is 1.76. The number of fused-ring (bicyclic) bond motifs is 5. The molecule has 1 saturated heterocycles. The summed E-state index contributed by atoms with van der Waals surface area (Å²) in [5.74, 6) is -1.000. The molecule has 6 nitrogen and oxygen atoms in total. The minimum atomic E-state index is -1.05. The largest absolute Gasteiger partial charge is 0.481 e. The molecular weight excluding hydrogens is 286 g/mol. The highest BCUT2D eigenvalue weighted by Crippen LogP contribution is 2.57. The van der Waals surface area contributed by atoms with E-state index >= 15 is 0 Å². The van der Waals surface area contributed by atoms with Gasteiger partial charge in [-0.2, -0.15) is 0 Å². The second-order valence-corrected chi connectivity index (χ2v) is 6.56. The molecular formula is C16H17NO5. The zero-order chi connectivity index (χ0) is 15.4. The Kier molecular flexibility index (Phi) is 2.89. The number of likely N-dealkylation sites (tertiary alicyclic amines) is 1. The lowest BCUT2D eigenvalue weighted by Crippen LogP contribution is -2.37. The number of furan rings is 1. The van der Waals surface area contributed by atoms with Crippen molar-refractivity contribution in [3.63, 3.8) is 0 Å². The van der Waals surface area contributed by atoms with Gasteiger partial charge in [0, 0.05) is 0 Å². The third-order valence-electron chi connectivity index (χ3n) is 5.51. The van der Waals surface area contributed by atoms with Gasteiger partial charge in [-0.3, -0.25) is 19.3 Å². The fraction of sp³-hybridized carbons (Fsp3) is 0.562. The minimum Gasteiger partial charge on any atom is -0.481 e. The molecule has 1 aromatic heterocycles. The van der Waals surface area contributed by atoms with Crippen LogP contribution in [0.4, 0.5) is 0 Å². The maximum atomic E-state index is 12.8. The van der Waals surface area contributed by atoms with Crippen LogP contribution in [0.3, 0.4) is 0 Å². The molecule has 2 heterocycles. The number of aliphatic carboxylic acids is 1. The molecule has 6 heteroatoms. The number of carboxylic acid groups (broad SMARTS) is 1. The standard InChI is InChI=1S/C16H17NO5/c18-12(19)7-10(11-2-1-5-22-11)17-15(20)13-8-3-4-9(6-8)14(13)16(17)21/h1-2,5,8-10,13-14H,3-4,6-7H2,(H,18,19). The summed E-state index contributed by atoms with van der Waals surface area (Å²) in [5, 5.41) is 9.14. The van der Waals surface area contributed by atoms with Gasteiger partial charge in [-0.15, -0.1) is 0 Å². The van der Waals surface area contributed by atoms with E-state index < -0.39 is 12.0 Å². The fourth-order valence-electron chi connectivity index (χ4n) is 4.70. The minimum absolute atomic E-state index is 0.204. The van der Waals surface area contributed by atoms with Gasteiger partial charge in [0.05, 0.1) is 24.5 Å². The highest BCUT2D eigenvalue weighted by atomic mass is 16.4. The van der Waals surface area contributed by atoms with Crippen molar-refractivity contribution in [3.8, 4) is 0 Å². The SMILES string of the molecule is O=C(O)CC(c1ccco1)N1C(=O)C2C3CCC(C3)C2C1=O. The first kappa shape index (κ1) is 13.5. The number of amides is 2. The Hall–Kier alpha value is -2.11. The predicted octanol–water partition coefficient (Wildman–Crippen LogP) is 1.83. The van der Waals surface area contributed by atoms with Crippen molar-refractivity contribution >= 4 is 17.8 Å². The molecule has 2 amide bonds. The third-order valence-corrected chi connectivity index (χ3v) is 5.51. The van der Waals surface area contributed by atoms with Crippen molar-refractivity contribution in [2.75, 3.05) is 0 Å². The van der Waals surface area contributed by atoms with Gasteiger partial charge < -0.3 is 9.52 Å². The highest BCUT2D eigenvalue weighted by molar-refractivity contribution is 6.06. The number of carbonyl (C=O) groups excluding carboxylic acids is 2. The van der Waals surface area contributed by atoms with Crippen LogP contribution in [0.1, 0.15) is 37.5 Å². The highest BCUT2D eigenvalue weighted by Gasteiger charge is 2.62. The van der Waals surface area contributed by atoms with Crippen molar-refractivity contribution in [3.05, 3.63) is 24.2 Å². The van der Waals surface area contributed by atoms with E-state index in [9.17, 15) is 14.4 Å². The Balaban J connectivity index is 1.70. The number of carbonyl (C=O) groups is 3. The molecule has 0 aromatic carbocycles. The molecule has 22 heavy (non-hydrogen) atoms. The molecule has 2 aliphatic carbocycles. The summed E-state index contributed by atoms with van der Waals surface area (Å²) in [6, 6.07) is 2.42. The van der Waals surface area contributed by atoms with Crippen molar-refractivity contribution < 1.29 is 23.9 Å². The van der Waals surface area contributed by atoms with E-state index in [-0.39, 0.29) is 30.1 Å². The molecule has 5 atom stereocenters. The molecule has 4 rings (SSSR count). The van der Waals surface area contributed by atoms with Crippen LogP contribution in [0.25, 0.3) is 0 Å². The molecule has 1 aliphatic heterocycles. The Bertz CT molecular complexity index is 609. The average Bonchev–Trinajstić information content (AvgIpc) is 3.22. The van der Waals surface area contributed by atoms with Gasteiger partial charge in [0.25, 0.3) is 0 Å². The van der Waals surface area contributed by atoms with E-state index in [1.807, 2.05) is 0 Å². The van der Waals surface area contributed by atoms with E-state index in [1.54, 1.807) is 12.1 Å². The molecule has 5 unspecified atom stereocenters. The quantitative estimate of drug-likeness (QED) is 0.857. The maximum absolute atomic E-state index is 12.8. The summed E-state index contributed by atoms with van der Waals surface area (Å²) < 4.78 is 5.29. The van der Waals surface area contributed by atoms with Crippen LogP contribution in [-0.2, 0) is 14.4 Å². The van der Waals surface area contributed by atoms with Crippen LogP contribution in [0, 0.1) is 23.7 Å². The maximum Gasteiger partial charge on any atom is 0.305 e. The molecule has 2 bridgehead atoms. The lowest BCUT2D eigenvalue weighted by atomic mass is 9.81. The first-order chi connectivity index (χ1) is 10.6. The van der Waals surface area contributed by atoms with Gasteiger partial charge in [0.15, 0.2) is 0 Å². The van der Waals surface area contributed by atoms with Crippen LogP contribution >= 0.6 is 0 Å². The summed E-state index contributed by atoms with van der Waals surface area (Å²) >= 11 is 0. The van der Waals surface area contributed by atoms with E-state index in [1.165, 1.54) is 11.2 Å². The van der Waals surface area contributed by atoms with Crippen molar-refractivity contribution in [2.45, 2.75) is 31.7 Å². The van der Waals surface area contributed by atoms with E-state index in [0.29, 0.717) is 17.6 Å². The van der Waals surface area contributed by atoms with E-state index in [4.69, 9.17) is 9.52 Å². The number of hydrogen-bond donors (Lipinski definition) is 1. The van der Waals surface area contributed by atoms with E-state index in [0.717, 1.165) is 19.3 Å². The lowest BCUT2D eigenvalue weighted by Gasteiger charge is -2.25. The molecule has 0 radical (unpaired) electrons. The van der Waals surface area contributed by atoms with Crippen molar-refractivity contribution in [1.82, 2.24) is 4.90 Å². The zero-order valence-electron chi connectivity index (χ0n) is 12.0. The van der Waals surface area contributed by atoms with Crippen LogP contribution < -0.4 is 0 Å². The van der Waals surface area contributed by atoms with Gasteiger partial charge in [0.1, 0.15) is 11.8 Å². The van der Waals surface area contributed by atoms with Crippen LogP contribution in [0.2, 0.25) is 0 Å². The van der Waals surface area contributed by atoms with Crippen LogP contribution in [0.15, 0.2) is 22.8 Å². The van der Waals surface area contributed by atoms with Gasteiger partial charge in [0.2, 0.25) is 11.8 Å². The molecule has 3 aliphatic rings. The number of hydrogen-bond acceptors (Lipinski definition) is 4. The Morgan fingerprint density at radius 2 is 1.91 bits per heavy atom. The molecule has 116 valence electrons. The van der Waals surface area contributed by atoms with Crippen molar-refractivity contribution in [2.24, 2.45) is 23.7 Å². The number of carboxylic acids is 1. The molecule has 3 fully saturated rings. The zero-order valence-corrected chi connectivity index (χ0v) is 12.0. The van der Waals surface area contributed by atoms with Crippen LogP contribution in [-0.4, -0.2) is 27.8 Å². The van der Waals surface area contributed by atoms with Gasteiger partial charge in [-0.25, -0.2) is 0 Å². The fourth-order valence-corrected chi connectivity index (χ4v) is 4.70. The predicted molar refractivity (Wildman–Crippen MR) is 73.4 cm³/mol. The average molecular weight is 303 g/mol. The smallest absolute Gasteiger partial charge is 0.305 e. The summed E-state index contributed by atoms with van der Waals surface area (Å²) in [5.41, 5.74) is 0. The van der Waals surface area contributed by atoms with Crippen molar-refractivity contribution in [1.29, 1.82) is 0 Å². The second-order valence-electron chi connectivity index (χ2n) is 6.56. The van der Waals surface area contributed by atoms with Gasteiger partial charge >= 0.3 is 5.97 Å². The normalized spacial score (nSPS) is 34.3. The Morgan fingerprint density at radius 1 is 1.27 bits per heavy atom. The summed E-state index contributed by atoms with van der Waals surface area (Å²) in [4.78, 5) is 37.9. The van der Waals surface area contributed by atoms with Crippen LogP contribution in [0.5, 0.6) is 0 Å². The molecule has 1 N–H and O–H groups in total. The molecule has 2 saturated carbocycles.